The number of nitrogens with zero attached hydrogens (tertiary/aromatic N) is 3. The zero-order valence-electron chi connectivity index (χ0n) is 17.0. The van der Waals surface area contributed by atoms with Gasteiger partial charge in [-0.3, -0.25) is 19.0 Å². The van der Waals surface area contributed by atoms with Gasteiger partial charge in [-0.05, 0) is 43.2 Å². The number of methoxy groups -OCH3 is 1. The first kappa shape index (κ1) is 20.2. The molecule has 0 radical (unpaired) electrons. The minimum Gasteiger partial charge on any atom is -0.497 e. The van der Waals surface area contributed by atoms with E-state index >= 15 is 0 Å². The number of amides is 2. The molecule has 2 fully saturated rings. The third-order valence-electron chi connectivity index (χ3n) is 5.59. The standard InChI is InChI=1S/C22H25N3O5/c1-29-18-7-5-17(6-8-18)25-15-16(4-9-20(25)26)21(27)23-10-12-24(13-11-23)22(28)19-3-2-14-30-19/h4-9,15,19H,2-3,10-14H2,1H3. The van der Waals surface area contributed by atoms with Gasteiger partial charge in [-0.25, -0.2) is 0 Å². The van der Waals surface area contributed by atoms with E-state index < -0.39 is 0 Å². The van der Waals surface area contributed by atoms with Crippen LogP contribution in [0.25, 0.3) is 5.69 Å². The molecule has 8 nitrogen and oxygen atoms in total. The lowest BCUT2D eigenvalue weighted by Gasteiger charge is -2.35. The van der Waals surface area contributed by atoms with Crippen LogP contribution in [0.4, 0.5) is 0 Å². The molecule has 0 N–H and O–H groups in total. The van der Waals surface area contributed by atoms with Gasteiger partial charge in [0.1, 0.15) is 11.9 Å². The van der Waals surface area contributed by atoms with Gasteiger partial charge < -0.3 is 19.3 Å². The number of aromatic nitrogens is 1. The fourth-order valence-electron chi connectivity index (χ4n) is 3.85. The second kappa shape index (κ2) is 8.71. The molecule has 2 amide bonds. The molecule has 0 spiro atoms. The predicted octanol–water partition coefficient (Wildman–Crippen LogP) is 1.31. The van der Waals surface area contributed by atoms with E-state index in [1.807, 2.05) is 0 Å². The molecule has 1 aromatic carbocycles. The van der Waals surface area contributed by atoms with E-state index in [0.29, 0.717) is 49.8 Å². The molecule has 0 bridgehead atoms. The first-order chi connectivity index (χ1) is 14.6. The number of hydrogen-bond acceptors (Lipinski definition) is 5. The highest BCUT2D eigenvalue weighted by Crippen LogP contribution is 2.17. The zero-order chi connectivity index (χ0) is 21.1. The third-order valence-corrected chi connectivity index (χ3v) is 5.59. The van der Waals surface area contributed by atoms with Crippen LogP contribution in [0.5, 0.6) is 5.75 Å². The first-order valence-corrected chi connectivity index (χ1v) is 10.1. The normalized spacial score (nSPS) is 19.0. The Morgan fingerprint density at radius 3 is 2.33 bits per heavy atom. The molecule has 0 aliphatic carbocycles. The zero-order valence-corrected chi connectivity index (χ0v) is 17.0. The van der Waals surface area contributed by atoms with Crippen molar-refractivity contribution in [2.75, 3.05) is 39.9 Å². The maximum atomic E-state index is 13.0. The second-order valence-corrected chi connectivity index (χ2v) is 7.44. The van der Waals surface area contributed by atoms with Crippen LogP contribution in [0.2, 0.25) is 0 Å². The van der Waals surface area contributed by atoms with Gasteiger partial charge in [0.15, 0.2) is 0 Å². The van der Waals surface area contributed by atoms with Crippen molar-refractivity contribution in [2.24, 2.45) is 0 Å². The minimum atomic E-state index is -0.333. The predicted molar refractivity (Wildman–Crippen MR) is 110 cm³/mol. The van der Waals surface area contributed by atoms with Crippen molar-refractivity contribution >= 4 is 11.8 Å². The highest BCUT2D eigenvalue weighted by atomic mass is 16.5. The number of carbonyl (C=O) groups excluding carboxylic acids is 2. The summed E-state index contributed by atoms with van der Waals surface area (Å²) in [5.74, 6) is 0.559. The summed E-state index contributed by atoms with van der Waals surface area (Å²) in [6.45, 7) is 2.53. The minimum absolute atomic E-state index is 0.0210. The lowest BCUT2D eigenvalue weighted by atomic mass is 10.2. The van der Waals surface area contributed by atoms with Gasteiger partial charge in [0.05, 0.1) is 12.7 Å². The van der Waals surface area contributed by atoms with Gasteiger partial charge in [0.2, 0.25) is 0 Å². The average molecular weight is 411 g/mol. The Morgan fingerprint density at radius 2 is 1.70 bits per heavy atom. The molecule has 2 saturated heterocycles. The molecule has 2 aliphatic heterocycles. The molecule has 1 aromatic heterocycles. The summed E-state index contributed by atoms with van der Waals surface area (Å²) in [5.41, 5.74) is 0.871. The first-order valence-electron chi connectivity index (χ1n) is 10.1. The lowest BCUT2D eigenvalue weighted by molar-refractivity contribution is -0.142. The van der Waals surface area contributed by atoms with Crippen LogP contribution in [0, 0.1) is 0 Å². The summed E-state index contributed by atoms with van der Waals surface area (Å²) in [7, 11) is 1.58. The van der Waals surface area contributed by atoms with Crippen molar-refractivity contribution in [3.8, 4) is 11.4 Å². The van der Waals surface area contributed by atoms with Crippen LogP contribution in [0.1, 0.15) is 23.2 Å². The summed E-state index contributed by atoms with van der Waals surface area (Å²) in [4.78, 5) is 41.3. The van der Waals surface area contributed by atoms with Crippen LogP contribution in [0.3, 0.4) is 0 Å². The van der Waals surface area contributed by atoms with Crippen LogP contribution < -0.4 is 10.3 Å². The van der Waals surface area contributed by atoms with Crippen molar-refractivity contribution in [1.82, 2.24) is 14.4 Å². The number of benzene rings is 1. The van der Waals surface area contributed by atoms with Crippen molar-refractivity contribution in [1.29, 1.82) is 0 Å². The smallest absolute Gasteiger partial charge is 0.255 e. The molecule has 1 unspecified atom stereocenters. The molecule has 2 aromatic rings. The van der Waals surface area contributed by atoms with Crippen molar-refractivity contribution in [3.05, 3.63) is 58.5 Å². The van der Waals surface area contributed by atoms with E-state index in [9.17, 15) is 14.4 Å². The molecular weight excluding hydrogens is 386 g/mol. The topological polar surface area (TPSA) is 81.1 Å². The molecule has 8 heteroatoms. The van der Waals surface area contributed by atoms with Crippen molar-refractivity contribution in [3.63, 3.8) is 0 Å². The number of piperazine rings is 1. The molecule has 1 atom stereocenters. The maximum absolute atomic E-state index is 13.0. The highest BCUT2D eigenvalue weighted by molar-refractivity contribution is 5.94. The number of rotatable bonds is 4. The van der Waals surface area contributed by atoms with Gasteiger partial charge in [0, 0.05) is 50.7 Å². The average Bonchev–Trinajstić information content (AvgIpc) is 3.34. The summed E-state index contributed by atoms with van der Waals surface area (Å²) < 4.78 is 12.1. The molecular formula is C22H25N3O5. The summed E-state index contributed by atoms with van der Waals surface area (Å²) in [6, 6.07) is 10.0. The van der Waals surface area contributed by atoms with Crippen molar-refractivity contribution in [2.45, 2.75) is 18.9 Å². The van der Waals surface area contributed by atoms with Crippen molar-refractivity contribution < 1.29 is 19.1 Å². The Labute approximate surface area is 174 Å². The molecule has 0 saturated carbocycles. The van der Waals surface area contributed by atoms with E-state index in [2.05, 4.69) is 0 Å². The number of pyridine rings is 1. The van der Waals surface area contributed by atoms with E-state index in [-0.39, 0.29) is 23.5 Å². The summed E-state index contributed by atoms with van der Waals surface area (Å²) in [5, 5.41) is 0. The Balaban J connectivity index is 1.45. The number of carbonyl (C=O) groups is 2. The SMILES string of the molecule is COc1ccc(-n2cc(C(=O)N3CCN(C(=O)C4CCCO4)CC3)ccc2=O)cc1. The maximum Gasteiger partial charge on any atom is 0.255 e. The molecule has 3 heterocycles. The van der Waals surface area contributed by atoms with Gasteiger partial charge in [-0.15, -0.1) is 0 Å². The Morgan fingerprint density at radius 1 is 1.00 bits per heavy atom. The Kier molecular flexibility index (Phi) is 5.85. The Bertz CT molecular complexity index is 971. The van der Waals surface area contributed by atoms with Crippen LogP contribution >= 0.6 is 0 Å². The number of hydrogen-bond donors (Lipinski definition) is 0. The monoisotopic (exact) mass is 411 g/mol. The van der Waals surface area contributed by atoms with E-state index in [1.165, 1.54) is 10.6 Å². The van der Waals surface area contributed by atoms with Crippen LogP contribution in [0.15, 0.2) is 47.4 Å². The van der Waals surface area contributed by atoms with Crippen LogP contribution in [-0.4, -0.2) is 72.2 Å². The molecule has 30 heavy (non-hydrogen) atoms. The van der Waals surface area contributed by atoms with E-state index in [1.54, 1.807) is 53.4 Å². The lowest BCUT2D eigenvalue weighted by Crippen LogP contribution is -2.52. The van der Waals surface area contributed by atoms with E-state index in [4.69, 9.17) is 9.47 Å². The quantitative estimate of drug-likeness (QED) is 0.758. The van der Waals surface area contributed by atoms with Gasteiger partial charge in [-0.2, -0.15) is 0 Å². The third kappa shape index (κ3) is 4.09. The summed E-state index contributed by atoms with van der Waals surface area (Å²) in [6.07, 6.45) is 2.92. The van der Waals surface area contributed by atoms with Gasteiger partial charge in [0.25, 0.3) is 17.4 Å². The van der Waals surface area contributed by atoms with Gasteiger partial charge >= 0.3 is 0 Å². The number of ether oxygens (including phenoxy) is 2. The fourth-order valence-corrected chi connectivity index (χ4v) is 3.85. The van der Waals surface area contributed by atoms with E-state index in [0.717, 1.165) is 12.8 Å². The molecule has 2 aliphatic rings. The molecule has 4 rings (SSSR count). The second-order valence-electron chi connectivity index (χ2n) is 7.44. The van der Waals surface area contributed by atoms with Crippen LogP contribution in [-0.2, 0) is 9.53 Å². The highest BCUT2D eigenvalue weighted by Gasteiger charge is 2.31. The largest absolute Gasteiger partial charge is 0.497 e. The molecule has 158 valence electrons. The fraction of sp³-hybridized carbons (Fsp3) is 0.409. The van der Waals surface area contributed by atoms with Gasteiger partial charge in [-0.1, -0.05) is 0 Å². The Hall–Kier alpha value is -3.13. The summed E-state index contributed by atoms with van der Waals surface area (Å²) >= 11 is 0.